The van der Waals surface area contributed by atoms with E-state index in [2.05, 4.69) is 11.1 Å². The van der Waals surface area contributed by atoms with Crippen molar-refractivity contribution >= 4 is 39.9 Å². The number of aryl methyl sites for hydroxylation is 1. The molecule has 0 aliphatic rings. The van der Waals surface area contributed by atoms with E-state index in [0.717, 1.165) is 21.6 Å². The lowest BCUT2D eigenvalue weighted by molar-refractivity contribution is -0.117. The molecule has 128 valence electrons. The van der Waals surface area contributed by atoms with Crippen LogP contribution in [0.2, 0.25) is 0 Å². The fourth-order valence-corrected chi connectivity index (χ4v) is 3.83. The summed E-state index contributed by atoms with van der Waals surface area (Å²) in [5.41, 5.74) is 3.52. The van der Waals surface area contributed by atoms with Gasteiger partial charge in [0, 0.05) is 5.71 Å². The van der Waals surface area contributed by atoms with Crippen LogP contribution in [0.5, 0.6) is 0 Å². The molecule has 0 saturated carbocycles. The summed E-state index contributed by atoms with van der Waals surface area (Å²) >= 11 is 1.29. The van der Waals surface area contributed by atoms with Crippen LogP contribution in [-0.4, -0.2) is 26.6 Å². The van der Waals surface area contributed by atoms with Gasteiger partial charge in [-0.1, -0.05) is 23.9 Å². The van der Waals surface area contributed by atoms with Crippen LogP contribution in [-0.2, 0) is 4.79 Å². The van der Waals surface area contributed by atoms with Gasteiger partial charge in [0.2, 0.25) is 0 Å². The molecule has 3 aromatic rings. The number of para-hydroxylation sites is 2. The van der Waals surface area contributed by atoms with E-state index in [0.29, 0.717) is 11.2 Å². The lowest BCUT2D eigenvalue weighted by atomic mass is 10.0. The number of carbonyl (C=O) groups excluding carboxylic acids is 1. The van der Waals surface area contributed by atoms with Gasteiger partial charge in [-0.15, -0.1) is 0 Å². The molecule has 1 N–H and O–H groups in total. The van der Waals surface area contributed by atoms with Gasteiger partial charge in [-0.2, -0.15) is 10.5 Å². The SMILES string of the molecule is CC(=N)[C@H](C#N)C(=O)CSc1cc(C)c(C#N)c2nc3ccccc3n12. The van der Waals surface area contributed by atoms with Gasteiger partial charge in [-0.25, -0.2) is 4.98 Å². The number of imidazole rings is 1. The molecule has 0 unspecified atom stereocenters. The number of thioether (sulfide) groups is 1. The summed E-state index contributed by atoms with van der Waals surface area (Å²) in [6.07, 6.45) is 0. The van der Waals surface area contributed by atoms with Crippen LogP contribution in [0.1, 0.15) is 18.1 Å². The van der Waals surface area contributed by atoms with Crippen molar-refractivity contribution in [1.29, 1.82) is 15.9 Å². The highest BCUT2D eigenvalue weighted by atomic mass is 32.2. The number of hydrogen-bond acceptors (Lipinski definition) is 6. The Balaban J connectivity index is 2.09. The van der Waals surface area contributed by atoms with E-state index in [9.17, 15) is 10.1 Å². The Hall–Kier alpha value is -3.16. The van der Waals surface area contributed by atoms with Gasteiger partial charge in [0.25, 0.3) is 0 Å². The number of hydrogen-bond donors (Lipinski definition) is 1. The molecule has 0 fully saturated rings. The first-order chi connectivity index (χ1) is 12.5. The molecule has 2 aromatic heterocycles. The van der Waals surface area contributed by atoms with E-state index in [-0.39, 0.29) is 17.2 Å². The van der Waals surface area contributed by atoms with Gasteiger partial charge < -0.3 is 5.41 Å². The predicted molar refractivity (Wildman–Crippen MR) is 100 cm³/mol. The highest BCUT2D eigenvalue weighted by molar-refractivity contribution is 7.99. The van der Waals surface area contributed by atoms with Gasteiger partial charge in [0.05, 0.1) is 33.4 Å². The first-order valence-corrected chi connectivity index (χ1v) is 8.87. The van der Waals surface area contributed by atoms with Crippen molar-refractivity contribution in [2.75, 3.05) is 5.75 Å². The zero-order chi connectivity index (χ0) is 18.8. The Labute approximate surface area is 154 Å². The van der Waals surface area contributed by atoms with Crippen LogP contribution in [0, 0.1) is 40.9 Å². The normalized spacial score (nSPS) is 11.8. The molecule has 26 heavy (non-hydrogen) atoms. The fourth-order valence-electron chi connectivity index (χ4n) is 2.80. The minimum absolute atomic E-state index is 0.0485. The minimum atomic E-state index is -1.02. The molecule has 0 spiro atoms. The third-order valence-electron chi connectivity index (χ3n) is 4.10. The van der Waals surface area contributed by atoms with Crippen LogP contribution in [0.4, 0.5) is 0 Å². The molecule has 3 rings (SSSR count). The first-order valence-electron chi connectivity index (χ1n) is 7.89. The maximum absolute atomic E-state index is 12.3. The van der Waals surface area contributed by atoms with Gasteiger partial charge in [0.1, 0.15) is 12.0 Å². The van der Waals surface area contributed by atoms with Crippen molar-refractivity contribution in [3.8, 4) is 12.1 Å². The number of benzene rings is 1. The maximum atomic E-state index is 12.3. The van der Waals surface area contributed by atoms with Gasteiger partial charge >= 0.3 is 0 Å². The van der Waals surface area contributed by atoms with Crippen LogP contribution < -0.4 is 0 Å². The number of ketones is 1. The number of aromatic nitrogens is 2. The summed E-state index contributed by atoms with van der Waals surface area (Å²) < 4.78 is 1.87. The Morgan fingerprint density at radius 3 is 2.77 bits per heavy atom. The van der Waals surface area contributed by atoms with Gasteiger partial charge in [0.15, 0.2) is 11.4 Å². The molecular formula is C19H15N5OS. The molecule has 7 heteroatoms. The van der Waals surface area contributed by atoms with E-state index in [1.807, 2.05) is 47.7 Å². The van der Waals surface area contributed by atoms with Crippen molar-refractivity contribution in [2.45, 2.75) is 18.9 Å². The zero-order valence-electron chi connectivity index (χ0n) is 14.3. The van der Waals surface area contributed by atoms with Crippen LogP contribution in [0.25, 0.3) is 16.7 Å². The number of nitrogens with one attached hydrogen (secondary N) is 1. The molecular weight excluding hydrogens is 346 g/mol. The van der Waals surface area contributed by atoms with E-state index in [1.54, 1.807) is 0 Å². The highest BCUT2D eigenvalue weighted by Gasteiger charge is 2.21. The molecule has 0 saturated heterocycles. The Morgan fingerprint density at radius 2 is 2.12 bits per heavy atom. The molecule has 2 heterocycles. The number of carbonyl (C=O) groups is 1. The summed E-state index contributed by atoms with van der Waals surface area (Å²) in [5.74, 6) is -1.25. The van der Waals surface area contributed by atoms with Crippen LogP contribution >= 0.6 is 11.8 Å². The second-order valence-electron chi connectivity index (χ2n) is 5.91. The highest BCUT2D eigenvalue weighted by Crippen LogP contribution is 2.29. The van der Waals surface area contributed by atoms with E-state index in [4.69, 9.17) is 10.7 Å². The van der Waals surface area contributed by atoms with E-state index in [1.165, 1.54) is 18.7 Å². The third-order valence-corrected chi connectivity index (χ3v) is 5.12. The Morgan fingerprint density at radius 1 is 1.38 bits per heavy atom. The van der Waals surface area contributed by atoms with Crippen molar-refractivity contribution in [3.05, 3.63) is 41.5 Å². The lowest BCUT2D eigenvalue weighted by Gasteiger charge is -2.10. The fraction of sp³-hybridized carbons (Fsp3) is 0.211. The van der Waals surface area contributed by atoms with Gasteiger partial charge in [-0.05, 0) is 37.6 Å². The molecule has 0 aliphatic heterocycles. The minimum Gasteiger partial charge on any atom is -0.308 e. The van der Waals surface area contributed by atoms with E-state index < -0.39 is 5.92 Å². The lowest BCUT2D eigenvalue weighted by Crippen LogP contribution is -2.21. The summed E-state index contributed by atoms with van der Waals surface area (Å²) in [6, 6.07) is 13.5. The Bertz CT molecular complexity index is 1130. The number of pyridine rings is 1. The van der Waals surface area contributed by atoms with E-state index >= 15 is 0 Å². The average Bonchev–Trinajstić information content (AvgIpc) is 2.99. The molecule has 1 atom stereocenters. The molecule has 0 aliphatic carbocycles. The number of fused-ring (bicyclic) bond motifs is 3. The van der Waals surface area contributed by atoms with Crippen molar-refractivity contribution < 1.29 is 4.79 Å². The van der Waals surface area contributed by atoms with Crippen LogP contribution in [0.15, 0.2) is 35.4 Å². The third kappa shape index (κ3) is 2.94. The molecule has 0 radical (unpaired) electrons. The molecule has 1 aromatic carbocycles. The van der Waals surface area contributed by atoms with Crippen LogP contribution in [0.3, 0.4) is 0 Å². The first kappa shape index (κ1) is 17.7. The Kier molecular flexibility index (Phi) is 4.75. The number of nitrogens with zero attached hydrogens (tertiary/aromatic N) is 4. The topological polar surface area (TPSA) is 106 Å². The summed E-state index contributed by atoms with van der Waals surface area (Å²) in [6.45, 7) is 3.30. The van der Waals surface area contributed by atoms with Crippen molar-refractivity contribution in [2.24, 2.45) is 5.92 Å². The average molecular weight is 361 g/mol. The quantitative estimate of drug-likeness (QED) is 0.553. The standard InChI is InChI=1S/C19H15N5OS/c1-11-7-18(26-10-17(25)14(9-21)12(2)22)24-16-6-4-3-5-15(16)23-19(24)13(11)8-20/h3-7,14,22H,10H2,1-2H3/t14-/m0/s1. The number of rotatable bonds is 5. The van der Waals surface area contributed by atoms with Crippen molar-refractivity contribution in [1.82, 2.24) is 9.38 Å². The zero-order valence-corrected chi connectivity index (χ0v) is 15.1. The monoisotopic (exact) mass is 361 g/mol. The summed E-state index contributed by atoms with van der Waals surface area (Å²) in [7, 11) is 0. The smallest absolute Gasteiger partial charge is 0.165 e. The number of nitriles is 2. The number of Topliss-reactive ketones (excluding diaryl/α,β-unsaturated/α-hetero) is 1. The summed E-state index contributed by atoms with van der Waals surface area (Å²) in [5, 5.41) is 26.9. The molecule has 0 amide bonds. The molecule has 6 nitrogen and oxygen atoms in total. The summed E-state index contributed by atoms with van der Waals surface area (Å²) in [4.78, 5) is 16.8. The maximum Gasteiger partial charge on any atom is 0.165 e. The largest absolute Gasteiger partial charge is 0.308 e. The predicted octanol–water partition coefficient (Wildman–Crippen LogP) is 3.51. The van der Waals surface area contributed by atoms with Gasteiger partial charge in [-0.3, -0.25) is 9.20 Å². The van der Waals surface area contributed by atoms with Crippen molar-refractivity contribution in [3.63, 3.8) is 0 Å². The second-order valence-corrected chi connectivity index (χ2v) is 6.91. The second kappa shape index (κ2) is 6.99. The molecule has 0 bridgehead atoms.